The highest BCUT2D eigenvalue weighted by atomic mass is 32.2. The van der Waals surface area contributed by atoms with E-state index in [1.54, 1.807) is 6.26 Å². The first kappa shape index (κ1) is 10.9. The average molecular weight is 241 g/mol. The third kappa shape index (κ3) is 1.65. The minimum Gasteiger partial charge on any atom is -0.384 e. The van der Waals surface area contributed by atoms with Gasteiger partial charge in [0, 0.05) is 16.0 Å². The van der Waals surface area contributed by atoms with Crippen molar-refractivity contribution in [1.29, 1.82) is 0 Å². The van der Waals surface area contributed by atoms with E-state index in [2.05, 4.69) is 10.2 Å². The van der Waals surface area contributed by atoms with E-state index in [-0.39, 0.29) is 16.3 Å². The molecule has 0 unspecified atom stereocenters. The molecule has 0 atom stereocenters. The number of hydrogen-bond acceptors (Lipinski definition) is 3. The number of anilines is 1. The Hall–Kier alpha value is -1.56. The van der Waals surface area contributed by atoms with Crippen LogP contribution < -0.4 is 5.73 Å². The van der Waals surface area contributed by atoms with Crippen molar-refractivity contribution < 1.29 is 8.78 Å². The molecule has 1 heterocycles. The number of thioether (sulfide) groups is 1. The number of aromatic amines is 1. The number of nitrogens with two attached hydrogens (primary N) is 1. The van der Waals surface area contributed by atoms with Gasteiger partial charge in [0.1, 0.15) is 5.82 Å². The van der Waals surface area contributed by atoms with Gasteiger partial charge in [0.05, 0.1) is 6.20 Å². The van der Waals surface area contributed by atoms with Gasteiger partial charge in [-0.15, -0.1) is 11.8 Å². The topological polar surface area (TPSA) is 54.7 Å². The lowest BCUT2D eigenvalue weighted by atomic mass is 10.1. The second kappa shape index (κ2) is 4.13. The van der Waals surface area contributed by atoms with E-state index in [0.29, 0.717) is 5.56 Å². The number of nitrogen functional groups attached to an aromatic ring is 1. The van der Waals surface area contributed by atoms with Crippen LogP contribution in [-0.2, 0) is 0 Å². The molecule has 0 radical (unpaired) electrons. The Bertz CT molecular complexity index is 525. The standard InChI is InChI=1S/C10H9F2N3S/c1-16-7-3-2-5(8(11)9(7)12)6-4-14-15-10(6)13/h2-4H,1H3,(H3,13,14,15). The van der Waals surface area contributed by atoms with Crippen molar-refractivity contribution in [1.82, 2.24) is 10.2 Å². The smallest absolute Gasteiger partial charge is 0.172 e. The summed E-state index contributed by atoms with van der Waals surface area (Å²) < 4.78 is 27.2. The lowest BCUT2D eigenvalue weighted by Crippen LogP contribution is -1.94. The van der Waals surface area contributed by atoms with Gasteiger partial charge in [-0.2, -0.15) is 5.10 Å². The summed E-state index contributed by atoms with van der Waals surface area (Å²) in [5.41, 5.74) is 6.03. The molecule has 2 aromatic rings. The molecule has 0 aliphatic rings. The number of nitrogens with one attached hydrogen (secondary N) is 1. The minimum atomic E-state index is -0.903. The van der Waals surface area contributed by atoms with Gasteiger partial charge in [-0.3, -0.25) is 5.10 Å². The zero-order chi connectivity index (χ0) is 11.7. The predicted octanol–water partition coefficient (Wildman–Crippen LogP) is 2.66. The van der Waals surface area contributed by atoms with E-state index >= 15 is 0 Å². The van der Waals surface area contributed by atoms with Crippen molar-refractivity contribution in [3.05, 3.63) is 30.0 Å². The normalized spacial score (nSPS) is 10.7. The van der Waals surface area contributed by atoms with Crippen molar-refractivity contribution >= 4 is 17.6 Å². The Morgan fingerprint density at radius 3 is 2.56 bits per heavy atom. The van der Waals surface area contributed by atoms with Crippen LogP contribution >= 0.6 is 11.8 Å². The fourth-order valence-corrected chi connectivity index (χ4v) is 1.88. The first-order valence-electron chi connectivity index (χ1n) is 4.46. The maximum atomic E-state index is 13.7. The zero-order valence-corrected chi connectivity index (χ0v) is 9.24. The first-order valence-corrected chi connectivity index (χ1v) is 5.68. The van der Waals surface area contributed by atoms with Crippen molar-refractivity contribution in [2.24, 2.45) is 0 Å². The highest BCUT2D eigenvalue weighted by molar-refractivity contribution is 7.98. The third-order valence-electron chi connectivity index (χ3n) is 2.23. The molecule has 0 aliphatic carbocycles. The molecule has 6 heteroatoms. The van der Waals surface area contributed by atoms with Crippen molar-refractivity contribution in [2.45, 2.75) is 4.90 Å². The fourth-order valence-electron chi connectivity index (χ4n) is 1.41. The van der Waals surface area contributed by atoms with Crippen molar-refractivity contribution in [3.63, 3.8) is 0 Å². The lowest BCUT2D eigenvalue weighted by Gasteiger charge is -2.05. The maximum Gasteiger partial charge on any atom is 0.172 e. The summed E-state index contributed by atoms with van der Waals surface area (Å²) in [7, 11) is 0. The van der Waals surface area contributed by atoms with Gasteiger partial charge in [-0.25, -0.2) is 8.78 Å². The average Bonchev–Trinajstić information content (AvgIpc) is 2.69. The van der Waals surface area contributed by atoms with Crippen LogP contribution in [0.5, 0.6) is 0 Å². The Morgan fingerprint density at radius 1 is 1.25 bits per heavy atom. The number of H-pyrrole nitrogens is 1. The Balaban J connectivity index is 2.60. The number of hydrogen-bond donors (Lipinski definition) is 2. The van der Waals surface area contributed by atoms with Crippen LogP contribution in [0.4, 0.5) is 14.6 Å². The van der Waals surface area contributed by atoms with Crippen LogP contribution in [0.1, 0.15) is 0 Å². The largest absolute Gasteiger partial charge is 0.384 e. The summed E-state index contributed by atoms with van der Waals surface area (Å²) in [6, 6.07) is 3.01. The van der Waals surface area contributed by atoms with Gasteiger partial charge >= 0.3 is 0 Å². The van der Waals surface area contributed by atoms with Crippen LogP contribution in [-0.4, -0.2) is 16.5 Å². The van der Waals surface area contributed by atoms with Crippen LogP contribution in [0.15, 0.2) is 23.2 Å². The molecule has 16 heavy (non-hydrogen) atoms. The summed E-state index contributed by atoms with van der Waals surface area (Å²) in [5.74, 6) is -1.54. The molecule has 0 aliphatic heterocycles. The molecule has 0 amide bonds. The molecule has 0 saturated heterocycles. The van der Waals surface area contributed by atoms with Crippen LogP contribution in [0.25, 0.3) is 11.1 Å². The molecule has 3 N–H and O–H groups in total. The number of halogens is 2. The Morgan fingerprint density at radius 2 is 2.00 bits per heavy atom. The monoisotopic (exact) mass is 241 g/mol. The van der Waals surface area contributed by atoms with E-state index in [4.69, 9.17) is 5.73 Å². The molecule has 1 aromatic carbocycles. The summed E-state index contributed by atoms with van der Waals surface area (Å²) in [6.07, 6.45) is 3.05. The SMILES string of the molecule is CSc1ccc(-c2cn[nH]c2N)c(F)c1F. The third-order valence-corrected chi connectivity index (χ3v) is 2.98. The Kier molecular flexibility index (Phi) is 2.82. The highest BCUT2D eigenvalue weighted by Crippen LogP contribution is 2.31. The van der Waals surface area contributed by atoms with Crippen LogP contribution in [0.2, 0.25) is 0 Å². The summed E-state index contributed by atoms with van der Waals surface area (Å²) in [5, 5.41) is 6.14. The predicted molar refractivity (Wildman–Crippen MR) is 60.1 cm³/mol. The van der Waals surface area contributed by atoms with E-state index in [0.717, 1.165) is 11.8 Å². The molecule has 0 bridgehead atoms. The molecule has 0 spiro atoms. The van der Waals surface area contributed by atoms with Crippen molar-refractivity contribution in [2.75, 3.05) is 12.0 Å². The van der Waals surface area contributed by atoms with Crippen LogP contribution in [0.3, 0.4) is 0 Å². The van der Waals surface area contributed by atoms with E-state index in [1.807, 2.05) is 0 Å². The van der Waals surface area contributed by atoms with E-state index < -0.39 is 11.6 Å². The van der Waals surface area contributed by atoms with Crippen molar-refractivity contribution in [3.8, 4) is 11.1 Å². The van der Waals surface area contributed by atoms with Gasteiger partial charge in [0.2, 0.25) is 0 Å². The number of aromatic nitrogens is 2. The van der Waals surface area contributed by atoms with Gasteiger partial charge < -0.3 is 5.73 Å². The lowest BCUT2D eigenvalue weighted by molar-refractivity contribution is 0.494. The molecule has 2 rings (SSSR count). The zero-order valence-electron chi connectivity index (χ0n) is 8.42. The maximum absolute atomic E-state index is 13.7. The molecular formula is C10H9F2N3S. The highest BCUT2D eigenvalue weighted by Gasteiger charge is 2.16. The summed E-state index contributed by atoms with van der Waals surface area (Å²) in [4.78, 5) is 0.267. The number of nitrogens with zero attached hydrogens (tertiary/aromatic N) is 1. The molecule has 0 fully saturated rings. The quantitative estimate of drug-likeness (QED) is 0.795. The summed E-state index contributed by atoms with van der Waals surface area (Å²) in [6.45, 7) is 0. The summed E-state index contributed by atoms with van der Waals surface area (Å²) >= 11 is 1.15. The first-order chi connectivity index (χ1) is 7.65. The molecule has 3 nitrogen and oxygen atoms in total. The molecule has 0 saturated carbocycles. The van der Waals surface area contributed by atoms with E-state index in [1.165, 1.54) is 18.3 Å². The van der Waals surface area contributed by atoms with Gasteiger partial charge in [0.15, 0.2) is 11.6 Å². The Labute approximate surface area is 95.0 Å². The van der Waals surface area contributed by atoms with Gasteiger partial charge in [-0.05, 0) is 18.4 Å². The molecule has 1 aromatic heterocycles. The second-order valence-electron chi connectivity index (χ2n) is 3.14. The van der Waals surface area contributed by atoms with Crippen LogP contribution in [0, 0.1) is 11.6 Å². The number of benzene rings is 1. The van der Waals surface area contributed by atoms with Gasteiger partial charge in [0.25, 0.3) is 0 Å². The molecule has 84 valence electrons. The minimum absolute atomic E-state index is 0.113. The number of rotatable bonds is 2. The second-order valence-corrected chi connectivity index (χ2v) is 3.99. The fraction of sp³-hybridized carbons (Fsp3) is 0.100. The van der Waals surface area contributed by atoms with E-state index in [9.17, 15) is 8.78 Å². The van der Waals surface area contributed by atoms with Gasteiger partial charge in [-0.1, -0.05) is 0 Å². The molecular weight excluding hydrogens is 232 g/mol.